The molecular formula is C33H30Cl2N2O7S. The van der Waals surface area contributed by atoms with Gasteiger partial charge in [0.2, 0.25) is 0 Å². The molecule has 12 heteroatoms. The van der Waals surface area contributed by atoms with Gasteiger partial charge in [-0.3, -0.25) is 9.36 Å². The van der Waals surface area contributed by atoms with Crippen molar-refractivity contribution >= 4 is 52.6 Å². The third-order valence-electron chi connectivity index (χ3n) is 6.78. The summed E-state index contributed by atoms with van der Waals surface area (Å²) in [7, 11) is 1.50. The van der Waals surface area contributed by atoms with E-state index in [1.807, 2.05) is 0 Å². The molecule has 0 radical (unpaired) electrons. The number of hydrogen-bond acceptors (Lipinski definition) is 9. The number of thiazole rings is 1. The number of ether oxygens (including phenoxy) is 3. The molecule has 0 N–H and O–H groups in total. The summed E-state index contributed by atoms with van der Waals surface area (Å²) < 4.78 is 24.4. The fourth-order valence-electron chi connectivity index (χ4n) is 4.95. The molecule has 4 aromatic rings. The van der Waals surface area contributed by atoms with Crippen molar-refractivity contribution < 1.29 is 28.2 Å². The van der Waals surface area contributed by atoms with Crippen LogP contribution >= 0.6 is 34.5 Å². The second kappa shape index (κ2) is 13.1. The van der Waals surface area contributed by atoms with Crippen molar-refractivity contribution in [1.82, 2.24) is 4.57 Å². The summed E-state index contributed by atoms with van der Waals surface area (Å²) in [5.74, 6) is 0.0411. The molecule has 1 atom stereocenters. The van der Waals surface area contributed by atoms with Crippen LogP contribution in [-0.2, 0) is 14.3 Å². The Bertz CT molecular complexity index is 2020. The van der Waals surface area contributed by atoms with Crippen LogP contribution in [0.2, 0.25) is 10.0 Å². The molecule has 0 saturated heterocycles. The van der Waals surface area contributed by atoms with Crippen LogP contribution in [0.5, 0.6) is 5.75 Å². The molecule has 9 nitrogen and oxygen atoms in total. The molecule has 0 saturated carbocycles. The average Bonchev–Trinajstić information content (AvgIpc) is 3.55. The number of methoxy groups -OCH3 is 1. The van der Waals surface area contributed by atoms with Crippen LogP contribution in [0.15, 0.2) is 74.0 Å². The zero-order valence-electron chi connectivity index (χ0n) is 25.3. The summed E-state index contributed by atoms with van der Waals surface area (Å²) in [5.41, 5.74) is 1.44. The zero-order valence-corrected chi connectivity index (χ0v) is 27.7. The quantitative estimate of drug-likeness (QED) is 0.202. The van der Waals surface area contributed by atoms with Crippen molar-refractivity contribution in [3.63, 3.8) is 0 Å². The number of carbonyl (C=O) groups is 2. The molecule has 1 aliphatic heterocycles. The standard InChI is InChI=1S/C33H30Cl2N2O7S/c1-16(2)42-31(39)22-10-7-19(34)13-23(22)26-12-9-21(44-26)15-27-30(38)37-29(24-14-20(35)8-11-25(24)41-6)28(32(40)43-17(3)4)18(5)36-33(37)45-27/h7-17,29H,1-6H3/b27-15-/t29-/m0/s1. The lowest BCUT2D eigenvalue weighted by Crippen LogP contribution is -2.40. The molecule has 2 aromatic heterocycles. The second-order valence-electron chi connectivity index (χ2n) is 10.8. The number of furan rings is 1. The normalized spacial score (nSPS) is 14.9. The lowest BCUT2D eigenvalue weighted by molar-refractivity contribution is -0.143. The number of nitrogens with zero attached hydrogens (tertiary/aromatic N) is 2. The van der Waals surface area contributed by atoms with Crippen LogP contribution in [-0.4, -0.2) is 35.8 Å². The first kappa shape index (κ1) is 32.3. The summed E-state index contributed by atoms with van der Waals surface area (Å²) >= 11 is 13.8. The van der Waals surface area contributed by atoms with Crippen molar-refractivity contribution in [2.45, 2.75) is 52.9 Å². The minimum atomic E-state index is -0.920. The molecule has 3 heterocycles. The number of hydrogen-bond donors (Lipinski definition) is 0. The summed E-state index contributed by atoms with van der Waals surface area (Å²) in [6.07, 6.45) is 0.873. The van der Waals surface area contributed by atoms with Gasteiger partial charge in [-0.15, -0.1) is 0 Å². The zero-order chi connectivity index (χ0) is 32.6. The Labute approximate surface area is 273 Å². The Balaban J connectivity index is 1.64. The summed E-state index contributed by atoms with van der Waals surface area (Å²) in [6, 6.07) is 12.3. The van der Waals surface area contributed by atoms with Gasteiger partial charge < -0.3 is 18.6 Å². The molecular weight excluding hydrogens is 639 g/mol. The van der Waals surface area contributed by atoms with Crippen molar-refractivity contribution in [3.05, 3.63) is 106 Å². The Morgan fingerprint density at radius 2 is 1.64 bits per heavy atom. The van der Waals surface area contributed by atoms with Crippen molar-refractivity contribution in [2.75, 3.05) is 7.11 Å². The van der Waals surface area contributed by atoms with Crippen molar-refractivity contribution in [3.8, 4) is 17.1 Å². The number of aromatic nitrogens is 1. The number of fused-ring (bicyclic) bond motifs is 1. The van der Waals surface area contributed by atoms with Crippen LogP contribution in [0.25, 0.3) is 17.4 Å². The highest BCUT2D eigenvalue weighted by molar-refractivity contribution is 7.07. The summed E-state index contributed by atoms with van der Waals surface area (Å²) in [6.45, 7) is 8.71. The Morgan fingerprint density at radius 3 is 2.33 bits per heavy atom. The molecule has 0 bridgehead atoms. The van der Waals surface area contributed by atoms with E-state index in [9.17, 15) is 14.4 Å². The van der Waals surface area contributed by atoms with E-state index >= 15 is 0 Å². The summed E-state index contributed by atoms with van der Waals surface area (Å²) in [5, 5.41) is 0.816. The van der Waals surface area contributed by atoms with Crippen molar-refractivity contribution in [1.29, 1.82) is 0 Å². The van der Waals surface area contributed by atoms with Crippen LogP contribution in [0.4, 0.5) is 0 Å². The molecule has 45 heavy (non-hydrogen) atoms. The number of esters is 2. The van der Waals surface area contributed by atoms with Gasteiger partial charge in [-0.05, 0) is 83.1 Å². The maximum absolute atomic E-state index is 14.1. The van der Waals surface area contributed by atoms with E-state index in [4.69, 9.17) is 41.8 Å². The first-order valence-electron chi connectivity index (χ1n) is 14.1. The maximum Gasteiger partial charge on any atom is 0.339 e. The monoisotopic (exact) mass is 668 g/mol. The molecule has 0 unspecified atom stereocenters. The highest BCUT2D eigenvalue weighted by Crippen LogP contribution is 2.37. The lowest BCUT2D eigenvalue weighted by Gasteiger charge is -2.26. The molecule has 0 fully saturated rings. The third-order valence-corrected chi connectivity index (χ3v) is 8.23. The van der Waals surface area contributed by atoms with E-state index in [1.54, 1.807) is 89.2 Å². The maximum atomic E-state index is 14.1. The van der Waals surface area contributed by atoms with E-state index in [0.29, 0.717) is 59.0 Å². The Hall–Kier alpha value is -4.12. The van der Waals surface area contributed by atoms with Gasteiger partial charge in [-0.25, -0.2) is 14.6 Å². The number of allylic oxidation sites excluding steroid dienone is 1. The molecule has 2 aromatic carbocycles. The van der Waals surface area contributed by atoms with Crippen LogP contribution in [0.3, 0.4) is 0 Å². The second-order valence-corrected chi connectivity index (χ2v) is 12.7. The first-order valence-corrected chi connectivity index (χ1v) is 15.6. The van der Waals surface area contributed by atoms with E-state index < -0.39 is 29.6 Å². The van der Waals surface area contributed by atoms with Gasteiger partial charge in [-0.1, -0.05) is 34.5 Å². The van der Waals surface area contributed by atoms with Crippen LogP contribution < -0.4 is 19.6 Å². The first-order chi connectivity index (χ1) is 21.4. The number of rotatable bonds is 8. The van der Waals surface area contributed by atoms with E-state index in [2.05, 4.69) is 4.99 Å². The van der Waals surface area contributed by atoms with Gasteiger partial charge in [0.1, 0.15) is 23.3 Å². The Kier molecular flexibility index (Phi) is 9.38. The van der Waals surface area contributed by atoms with E-state index in [-0.39, 0.29) is 11.7 Å². The van der Waals surface area contributed by atoms with Crippen LogP contribution in [0, 0.1) is 0 Å². The number of carbonyl (C=O) groups excluding carboxylic acids is 2. The molecule has 5 rings (SSSR count). The van der Waals surface area contributed by atoms with Crippen LogP contribution in [0.1, 0.15) is 62.3 Å². The van der Waals surface area contributed by atoms with Gasteiger partial charge in [0.15, 0.2) is 4.80 Å². The van der Waals surface area contributed by atoms with E-state index in [1.165, 1.54) is 11.7 Å². The van der Waals surface area contributed by atoms with E-state index in [0.717, 1.165) is 11.3 Å². The highest BCUT2D eigenvalue weighted by atomic mass is 35.5. The van der Waals surface area contributed by atoms with Gasteiger partial charge in [-0.2, -0.15) is 0 Å². The summed E-state index contributed by atoms with van der Waals surface area (Å²) in [4.78, 5) is 45.2. The molecule has 1 aliphatic rings. The largest absolute Gasteiger partial charge is 0.496 e. The molecule has 0 aliphatic carbocycles. The predicted molar refractivity (Wildman–Crippen MR) is 173 cm³/mol. The highest BCUT2D eigenvalue weighted by Gasteiger charge is 2.35. The predicted octanol–water partition coefficient (Wildman–Crippen LogP) is 6.33. The van der Waals surface area contributed by atoms with Gasteiger partial charge in [0.25, 0.3) is 5.56 Å². The Morgan fingerprint density at radius 1 is 0.978 bits per heavy atom. The molecule has 0 spiro atoms. The van der Waals surface area contributed by atoms with Gasteiger partial charge in [0, 0.05) is 27.2 Å². The minimum Gasteiger partial charge on any atom is -0.496 e. The molecule has 0 amide bonds. The minimum absolute atomic E-state index is 0.199. The van der Waals surface area contributed by atoms with Gasteiger partial charge >= 0.3 is 11.9 Å². The third kappa shape index (κ3) is 6.63. The fraction of sp³-hybridized carbons (Fsp3) is 0.273. The smallest absolute Gasteiger partial charge is 0.339 e. The van der Waals surface area contributed by atoms with Gasteiger partial charge in [0.05, 0.1) is 40.7 Å². The van der Waals surface area contributed by atoms with Crippen molar-refractivity contribution in [2.24, 2.45) is 4.99 Å². The fourth-order valence-corrected chi connectivity index (χ4v) is 6.33. The SMILES string of the molecule is COc1ccc(Cl)cc1[C@H]1C(C(=O)OC(C)C)=C(C)N=c2s/c(=C\c3ccc(-c4cc(Cl)ccc4C(=O)OC(C)C)o3)c(=O)n21. The molecule has 234 valence electrons. The topological polar surface area (TPSA) is 109 Å². The average molecular weight is 670 g/mol. The lowest BCUT2D eigenvalue weighted by atomic mass is 9.95. The number of halogens is 2. The number of benzene rings is 2.